The lowest BCUT2D eigenvalue weighted by molar-refractivity contribution is -0.162. The van der Waals surface area contributed by atoms with Crippen molar-refractivity contribution in [2.45, 2.75) is 77.5 Å². The first-order chi connectivity index (χ1) is 11.8. The molecule has 4 rings (SSSR count). The second-order valence-electron chi connectivity index (χ2n) is 9.98. The maximum atomic E-state index is 15.6. The van der Waals surface area contributed by atoms with Gasteiger partial charge < -0.3 is 10.2 Å². The maximum absolute atomic E-state index is 15.6. The van der Waals surface area contributed by atoms with Crippen LogP contribution in [0.5, 0.6) is 0 Å². The van der Waals surface area contributed by atoms with Gasteiger partial charge in [-0.2, -0.15) is 0 Å². The summed E-state index contributed by atoms with van der Waals surface area (Å²) in [7, 11) is 0. The predicted molar refractivity (Wildman–Crippen MR) is 93.6 cm³/mol. The minimum Gasteiger partial charge on any atom is -0.393 e. The first kappa shape index (κ1) is 17.9. The van der Waals surface area contributed by atoms with Crippen molar-refractivity contribution in [3.63, 3.8) is 0 Å². The fourth-order valence-electron chi connectivity index (χ4n) is 7.93. The van der Waals surface area contributed by atoms with Crippen molar-refractivity contribution in [1.82, 2.24) is 0 Å². The van der Waals surface area contributed by atoms with E-state index in [1.165, 1.54) is 0 Å². The number of aliphatic hydroxyl groups is 2. The summed E-state index contributed by atoms with van der Waals surface area (Å²) in [6, 6.07) is 0. The topological polar surface area (TPSA) is 57.5 Å². The van der Waals surface area contributed by atoms with Gasteiger partial charge in [0.15, 0.2) is 5.78 Å². The third kappa shape index (κ3) is 2.46. The largest absolute Gasteiger partial charge is 0.393 e. The molecule has 4 saturated carbocycles. The molecule has 0 saturated heterocycles. The number of rotatable bonds is 2. The number of aliphatic hydroxyl groups excluding tert-OH is 2. The second-order valence-corrected chi connectivity index (χ2v) is 9.98. The van der Waals surface area contributed by atoms with Crippen LogP contribution in [0.4, 0.5) is 4.39 Å². The molecule has 0 amide bonds. The highest BCUT2D eigenvalue weighted by atomic mass is 19.1. The van der Waals surface area contributed by atoms with E-state index in [9.17, 15) is 15.0 Å². The first-order valence-corrected chi connectivity index (χ1v) is 10.3. The van der Waals surface area contributed by atoms with Crippen LogP contribution in [0.25, 0.3) is 0 Å². The molecule has 0 aliphatic heterocycles. The van der Waals surface area contributed by atoms with Gasteiger partial charge in [-0.05, 0) is 85.9 Å². The van der Waals surface area contributed by atoms with Crippen LogP contribution >= 0.6 is 0 Å². The molecule has 0 aromatic carbocycles. The van der Waals surface area contributed by atoms with E-state index in [-0.39, 0.29) is 34.6 Å². The number of Topliss-reactive ketones (excluding diaryl/α,β-unsaturated/α-hetero) is 1. The fourth-order valence-corrected chi connectivity index (χ4v) is 7.93. The van der Waals surface area contributed by atoms with E-state index < -0.39 is 12.8 Å². The third-order valence-corrected chi connectivity index (χ3v) is 9.07. The molecular formula is C21H33FO3. The molecule has 4 fully saturated rings. The molecule has 0 aromatic rings. The molecule has 9 atom stereocenters. The second kappa shape index (κ2) is 6.02. The number of fused-ring (bicyclic) bond motifs is 5. The van der Waals surface area contributed by atoms with Crippen molar-refractivity contribution >= 4 is 5.78 Å². The number of carbonyl (C=O) groups is 1. The smallest absolute Gasteiger partial charge is 0.161 e. The lowest BCUT2D eigenvalue weighted by Crippen LogP contribution is -2.58. The van der Waals surface area contributed by atoms with Crippen LogP contribution in [0.3, 0.4) is 0 Å². The van der Waals surface area contributed by atoms with Gasteiger partial charge in [-0.15, -0.1) is 0 Å². The van der Waals surface area contributed by atoms with Crippen LogP contribution in [-0.4, -0.2) is 34.9 Å². The lowest BCUT2D eigenvalue weighted by atomic mass is 9.44. The van der Waals surface area contributed by atoms with Gasteiger partial charge in [0.2, 0.25) is 0 Å². The van der Waals surface area contributed by atoms with E-state index in [0.29, 0.717) is 24.2 Å². The van der Waals surface area contributed by atoms with Crippen LogP contribution in [0, 0.1) is 40.4 Å². The monoisotopic (exact) mass is 352 g/mol. The van der Waals surface area contributed by atoms with Crippen molar-refractivity contribution in [3.05, 3.63) is 0 Å². The summed E-state index contributed by atoms with van der Waals surface area (Å²) in [4.78, 5) is 12.3. The van der Waals surface area contributed by atoms with Gasteiger partial charge in [-0.3, -0.25) is 4.79 Å². The normalized spacial score (nSPS) is 55.2. The molecule has 4 aliphatic rings. The minimum absolute atomic E-state index is 0.00195. The number of alkyl halides is 1. The standard InChI is InChI=1S/C21H33FO3/c1-20-8-7-13(24)9-12(20)3-4-14-15-5-6-16(18(25)11-23)21(15,2)10-17(22)19(14)20/h12-17,19,23-24H,3-11H2,1-2H3/t12-,13-,14-,15-,16+,17+,19+,20-,21-/m0/s1. The van der Waals surface area contributed by atoms with Gasteiger partial charge in [0.25, 0.3) is 0 Å². The Hall–Kier alpha value is -0.480. The molecule has 3 nitrogen and oxygen atoms in total. The molecule has 0 radical (unpaired) electrons. The molecule has 142 valence electrons. The zero-order valence-corrected chi connectivity index (χ0v) is 15.6. The Kier molecular flexibility index (Phi) is 4.31. The molecule has 0 aromatic heterocycles. The zero-order valence-electron chi connectivity index (χ0n) is 15.6. The Balaban J connectivity index is 1.65. The summed E-state index contributed by atoms with van der Waals surface area (Å²) in [6.07, 6.45) is 5.92. The van der Waals surface area contributed by atoms with Gasteiger partial charge in [0, 0.05) is 5.92 Å². The third-order valence-electron chi connectivity index (χ3n) is 9.07. The van der Waals surface area contributed by atoms with E-state index in [0.717, 1.165) is 44.9 Å². The van der Waals surface area contributed by atoms with Crippen LogP contribution in [-0.2, 0) is 4.79 Å². The van der Waals surface area contributed by atoms with E-state index in [1.807, 2.05) is 0 Å². The van der Waals surface area contributed by atoms with Crippen molar-refractivity contribution in [2.24, 2.45) is 40.4 Å². The molecule has 2 N–H and O–H groups in total. The number of ketones is 1. The fraction of sp³-hybridized carbons (Fsp3) is 0.952. The highest BCUT2D eigenvalue weighted by Crippen LogP contribution is 2.68. The van der Waals surface area contributed by atoms with Crippen LogP contribution < -0.4 is 0 Å². The Bertz CT molecular complexity index is 551. The van der Waals surface area contributed by atoms with E-state index in [1.54, 1.807) is 0 Å². The minimum atomic E-state index is -0.860. The average Bonchev–Trinajstić information content (AvgIpc) is 2.91. The number of hydrogen-bond donors (Lipinski definition) is 2. The molecule has 4 aliphatic carbocycles. The Labute approximate surface area is 150 Å². The van der Waals surface area contributed by atoms with Crippen molar-refractivity contribution < 1.29 is 19.4 Å². The Morgan fingerprint density at radius 1 is 1.12 bits per heavy atom. The molecule has 0 spiro atoms. The molecule has 4 heteroatoms. The van der Waals surface area contributed by atoms with Gasteiger partial charge in [-0.1, -0.05) is 13.8 Å². The zero-order chi connectivity index (χ0) is 18.0. The van der Waals surface area contributed by atoms with Crippen LogP contribution in [0.2, 0.25) is 0 Å². The summed E-state index contributed by atoms with van der Waals surface area (Å²) < 4.78 is 15.6. The lowest BCUT2D eigenvalue weighted by Gasteiger charge is -2.61. The van der Waals surface area contributed by atoms with E-state index in [2.05, 4.69) is 13.8 Å². The Morgan fingerprint density at radius 3 is 2.60 bits per heavy atom. The number of hydrogen-bond acceptors (Lipinski definition) is 3. The summed E-state index contributed by atoms with van der Waals surface area (Å²) in [5.41, 5.74) is -0.278. The highest BCUT2D eigenvalue weighted by Gasteiger charge is 2.64. The molecule has 25 heavy (non-hydrogen) atoms. The van der Waals surface area contributed by atoms with Gasteiger partial charge in [-0.25, -0.2) is 4.39 Å². The summed E-state index contributed by atoms with van der Waals surface area (Å²) in [6.45, 7) is 3.99. The molecule has 0 bridgehead atoms. The average molecular weight is 352 g/mol. The SMILES string of the molecule is C[C@]12CC[C@H](O)C[C@@H]1CC[C@@H]1[C@@H]2[C@H](F)C[C@]2(C)[C@@H](C(=O)CO)CC[C@@H]12. The number of carbonyl (C=O) groups excluding carboxylic acids is 1. The van der Waals surface area contributed by atoms with Crippen LogP contribution in [0.15, 0.2) is 0 Å². The van der Waals surface area contributed by atoms with Crippen molar-refractivity contribution in [3.8, 4) is 0 Å². The Morgan fingerprint density at radius 2 is 1.88 bits per heavy atom. The maximum Gasteiger partial charge on any atom is 0.161 e. The van der Waals surface area contributed by atoms with E-state index >= 15 is 4.39 Å². The number of halogens is 1. The van der Waals surface area contributed by atoms with Gasteiger partial charge >= 0.3 is 0 Å². The van der Waals surface area contributed by atoms with Crippen molar-refractivity contribution in [1.29, 1.82) is 0 Å². The quantitative estimate of drug-likeness (QED) is 0.799. The summed E-state index contributed by atoms with van der Waals surface area (Å²) >= 11 is 0. The summed E-state index contributed by atoms with van der Waals surface area (Å²) in [5, 5.41) is 19.4. The van der Waals surface area contributed by atoms with Crippen LogP contribution in [0.1, 0.15) is 65.2 Å². The highest BCUT2D eigenvalue weighted by molar-refractivity contribution is 5.83. The van der Waals surface area contributed by atoms with Gasteiger partial charge in [0.1, 0.15) is 12.8 Å². The van der Waals surface area contributed by atoms with Crippen molar-refractivity contribution in [2.75, 3.05) is 6.61 Å². The summed E-state index contributed by atoms with van der Waals surface area (Å²) in [5.74, 6) is 1.05. The molecular weight excluding hydrogens is 319 g/mol. The molecule has 0 heterocycles. The van der Waals surface area contributed by atoms with E-state index in [4.69, 9.17) is 0 Å². The first-order valence-electron chi connectivity index (χ1n) is 10.3. The molecule has 0 unspecified atom stereocenters. The van der Waals surface area contributed by atoms with Gasteiger partial charge in [0.05, 0.1) is 6.10 Å². The predicted octanol–water partition coefficient (Wildman–Crippen LogP) is 3.52.